The zero-order chi connectivity index (χ0) is 14.8. The summed E-state index contributed by atoms with van der Waals surface area (Å²) in [5.41, 5.74) is 7.66. The Labute approximate surface area is 114 Å². The maximum atomic E-state index is 12.0. The maximum absolute atomic E-state index is 12.0. The van der Waals surface area contributed by atoms with Crippen LogP contribution in [0, 0.1) is 13.8 Å². The molecule has 0 aromatic heterocycles. The highest BCUT2D eigenvalue weighted by molar-refractivity contribution is 7.92. The second-order valence-electron chi connectivity index (χ2n) is 4.73. The molecule has 0 radical (unpaired) electrons. The standard InChI is InChI=1S/C13H20N2O3S/c1-5-12(13(14)16)15(19(4,17)18)11-7-9(2)6-10(3)8-11/h6-8,12H,5H2,1-4H3,(H2,14,16). The highest BCUT2D eigenvalue weighted by Crippen LogP contribution is 2.24. The Bertz CT molecular complexity index is 561. The van der Waals surface area contributed by atoms with Crippen LogP contribution in [0.2, 0.25) is 0 Å². The first-order valence-corrected chi connectivity index (χ1v) is 7.88. The lowest BCUT2D eigenvalue weighted by molar-refractivity contribution is -0.119. The van der Waals surface area contributed by atoms with Gasteiger partial charge in [-0.25, -0.2) is 8.42 Å². The smallest absolute Gasteiger partial charge is 0.241 e. The summed E-state index contributed by atoms with van der Waals surface area (Å²) in [4.78, 5) is 11.5. The summed E-state index contributed by atoms with van der Waals surface area (Å²) in [6, 6.07) is 4.55. The first kappa shape index (κ1) is 15.5. The summed E-state index contributed by atoms with van der Waals surface area (Å²) in [6.07, 6.45) is 1.41. The van der Waals surface area contributed by atoms with Crippen LogP contribution < -0.4 is 10.0 Å². The van der Waals surface area contributed by atoms with E-state index >= 15 is 0 Å². The van der Waals surface area contributed by atoms with E-state index in [4.69, 9.17) is 5.73 Å². The Balaban J connectivity index is 3.44. The van der Waals surface area contributed by atoms with Crippen molar-refractivity contribution in [3.8, 4) is 0 Å². The maximum Gasteiger partial charge on any atom is 0.241 e. The van der Waals surface area contributed by atoms with Crippen LogP contribution in [0.1, 0.15) is 24.5 Å². The van der Waals surface area contributed by atoms with Gasteiger partial charge in [0.2, 0.25) is 15.9 Å². The molecule has 0 aliphatic rings. The molecular weight excluding hydrogens is 264 g/mol. The number of amides is 1. The quantitative estimate of drug-likeness (QED) is 0.885. The second-order valence-corrected chi connectivity index (χ2v) is 6.59. The molecule has 2 N–H and O–H groups in total. The van der Waals surface area contributed by atoms with Gasteiger partial charge in [-0.05, 0) is 43.5 Å². The van der Waals surface area contributed by atoms with Crippen LogP contribution in [0.4, 0.5) is 5.69 Å². The molecule has 0 saturated carbocycles. The number of hydrogen-bond donors (Lipinski definition) is 1. The molecule has 5 nitrogen and oxygen atoms in total. The molecule has 0 bridgehead atoms. The summed E-state index contributed by atoms with van der Waals surface area (Å²) in [6.45, 7) is 5.49. The molecule has 1 unspecified atom stereocenters. The monoisotopic (exact) mass is 284 g/mol. The van der Waals surface area contributed by atoms with E-state index in [-0.39, 0.29) is 0 Å². The third-order valence-electron chi connectivity index (χ3n) is 2.82. The molecular formula is C13H20N2O3S. The summed E-state index contributed by atoms with van der Waals surface area (Å²) in [5.74, 6) is -0.646. The number of sulfonamides is 1. The second kappa shape index (κ2) is 5.61. The summed E-state index contributed by atoms with van der Waals surface area (Å²) < 4.78 is 25.1. The minimum atomic E-state index is -3.58. The van der Waals surface area contributed by atoms with Gasteiger partial charge in [-0.15, -0.1) is 0 Å². The van der Waals surface area contributed by atoms with Crippen molar-refractivity contribution in [1.29, 1.82) is 0 Å². The SMILES string of the molecule is CCC(C(N)=O)N(c1cc(C)cc(C)c1)S(C)(=O)=O. The Morgan fingerprint density at radius 2 is 1.74 bits per heavy atom. The van der Waals surface area contributed by atoms with Crippen molar-refractivity contribution < 1.29 is 13.2 Å². The van der Waals surface area contributed by atoms with Gasteiger partial charge >= 0.3 is 0 Å². The van der Waals surface area contributed by atoms with Crippen LogP contribution in [0.3, 0.4) is 0 Å². The fourth-order valence-electron chi connectivity index (χ4n) is 2.16. The van der Waals surface area contributed by atoms with Crippen LogP contribution >= 0.6 is 0 Å². The molecule has 0 fully saturated rings. The largest absolute Gasteiger partial charge is 0.368 e. The van der Waals surface area contributed by atoms with Crippen LogP contribution in [0.25, 0.3) is 0 Å². The van der Waals surface area contributed by atoms with Gasteiger partial charge in [0.05, 0.1) is 11.9 Å². The van der Waals surface area contributed by atoms with Crippen molar-refractivity contribution in [2.24, 2.45) is 5.73 Å². The molecule has 106 valence electrons. The highest BCUT2D eigenvalue weighted by Gasteiger charge is 2.30. The molecule has 6 heteroatoms. The Morgan fingerprint density at radius 3 is 2.05 bits per heavy atom. The summed E-state index contributed by atoms with van der Waals surface area (Å²) in [7, 11) is -3.58. The number of anilines is 1. The van der Waals surface area contributed by atoms with Crippen molar-refractivity contribution >= 4 is 21.6 Å². The third kappa shape index (κ3) is 3.70. The number of carbonyl (C=O) groups is 1. The van der Waals surface area contributed by atoms with Crippen molar-refractivity contribution in [2.45, 2.75) is 33.2 Å². The van der Waals surface area contributed by atoms with Crippen LogP contribution in [-0.4, -0.2) is 26.6 Å². The van der Waals surface area contributed by atoms with Gasteiger partial charge in [-0.1, -0.05) is 13.0 Å². The Morgan fingerprint density at radius 1 is 1.26 bits per heavy atom. The average Bonchev–Trinajstić information content (AvgIpc) is 2.21. The zero-order valence-electron chi connectivity index (χ0n) is 11.7. The molecule has 0 heterocycles. The highest BCUT2D eigenvalue weighted by atomic mass is 32.2. The lowest BCUT2D eigenvalue weighted by Crippen LogP contribution is -2.47. The molecule has 0 saturated heterocycles. The van der Waals surface area contributed by atoms with Gasteiger partial charge in [-0.3, -0.25) is 9.10 Å². The summed E-state index contributed by atoms with van der Waals surface area (Å²) in [5, 5.41) is 0. The zero-order valence-corrected chi connectivity index (χ0v) is 12.5. The number of nitrogens with zero attached hydrogens (tertiary/aromatic N) is 1. The first-order chi connectivity index (χ1) is 8.66. The number of nitrogens with two attached hydrogens (primary N) is 1. The van der Waals surface area contributed by atoms with E-state index in [0.29, 0.717) is 12.1 Å². The molecule has 0 aliphatic heterocycles. The molecule has 1 rings (SSSR count). The number of aryl methyl sites for hydroxylation is 2. The fourth-order valence-corrected chi connectivity index (χ4v) is 3.37. The Kier molecular flexibility index (Phi) is 4.57. The van der Waals surface area contributed by atoms with Crippen LogP contribution in [0.15, 0.2) is 18.2 Å². The Hall–Kier alpha value is -1.56. The van der Waals surface area contributed by atoms with E-state index in [1.807, 2.05) is 19.9 Å². The number of carbonyl (C=O) groups excluding carboxylic acids is 1. The number of hydrogen-bond acceptors (Lipinski definition) is 3. The van der Waals surface area contributed by atoms with Gasteiger partial charge < -0.3 is 5.73 Å². The molecule has 1 aromatic rings. The fraction of sp³-hybridized carbons (Fsp3) is 0.462. The van der Waals surface area contributed by atoms with Crippen molar-refractivity contribution in [2.75, 3.05) is 10.6 Å². The molecule has 1 aromatic carbocycles. The van der Waals surface area contributed by atoms with Gasteiger partial charge in [0, 0.05) is 0 Å². The van der Waals surface area contributed by atoms with E-state index in [9.17, 15) is 13.2 Å². The average molecular weight is 284 g/mol. The van der Waals surface area contributed by atoms with Crippen molar-refractivity contribution in [3.63, 3.8) is 0 Å². The predicted octanol–water partition coefficient (Wildman–Crippen LogP) is 1.33. The molecule has 0 spiro atoms. The lowest BCUT2D eigenvalue weighted by Gasteiger charge is -2.29. The normalized spacial score (nSPS) is 13.1. The van der Waals surface area contributed by atoms with Gasteiger partial charge in [-0.2, -0.15) is 0 Å². The lowest BCUT2D eigenvalue weighted by atomic mass is 10.1. The molecule has 0 aliphatic carbocycles. The summed E-state index contributed by atoms with van der Waals surface area (Å²) >= 11 is 0. The van der Waals surface area contributed by atoms with E-state index in [2.05, 4.69) is 0 Å². The van der Waals surface area contributed by atoms with E-state index in [0.717, 1.165) is 21.7 Å². The molecule has 1 atom stereocenters. The number of primary amides is 1. The minimum absolute atomic E-state index is 0.329. The number of benzene rings is 1. The first-order valence-electron chi connectivity index (χ1n) is 6.03. The van der Waals surface area contributed by atoms with E-state index in [1.165, 1.54) is 0 Å². The third-order valence-corrected chi connectivity index (χ3v) is 4.00. The van der Waals surface area contributed by atoms with Crippen LogP contribution in [0.5, 0.6) is 0 Å². The predicted molar refractivity (Wildman–Crippen MR) is 76.5 cm³/mol. The van der Waals surface area contributed by atoms with E-state index < -0.39 is 22.0 Å². The van der Waals surface area contributed by atoms with Gasteiger partial charge in [0.1, 0.15) is 6.04 Å². The topological polar surface area (TPSA) is 80.5 Å². The van der Waals surface area contributed by atoms with Gasteiger partial charge in [0.15, 0.2) is 0 Å². The van der Waals surface area contributed by atoms with E-state index in [1.54, 1.807) is 19.1 Å². The van der Waals surface area contributed by atoms with Crippen molar-refractivity contribution in [3.05, 3.63) is 29.3 Å². The number of rotatable bonds is 5. The van der Waals surface area contributed by atoms with Gasteiger partial charge in [0.25, 0.3) is 0 Å². The minimum Gasteiger partial charge on any atom is -0.368 e. The van der Waals surface area contributed by atoms with Crippen LogP contribution in [-0.2, 0) is 14.8 Å². The molecule has 1 amide bonds. The molecule has 19 heavy (non-hydrogen) atoms. The van der Waals surface area contributed by atoms with Crippen molar-refractivity contribution in [1.82, 2.24) is 0 Å².